The third kappa shape index (κ3) is 4.65. The number of thiazole rings is 1. The molecule has 5 rings (SSSR count). The van der Waals surface area contributed by atoms with Gasteiger partial charge in [-0.15, -0.1) is 11.3 Å². The molecule has 34 heavy (non-hydrogen) atoms. The van der Waals surface area contributed by atoms with Gasteiger partial charge in [-0.05, 0) is 47.7 Å². The van der Waals surface area contributed by atoms with Gasteiger partial charge in [0.1, 0.15) is 10.8 Å². The van der Waals surface area contributed by atoms with Gasteiger partial charge < -0.3 is 15.4 Å². The van der Waals surface area contributed by atoms with Crippen LogP contribution in [0.5, 0.6) is 11.5 Å². The topological polar surface area (TPSA) is 92.4 Å². The lowest BCUT2D eigenvalue weighted by Crippen LogP contribution is -2.22. The van der Waals surface area contributed by atoms with Crippen molar-refractivity contribution in [2.75, 3.05) is 5.32 Å². The van der Waals surface area contributed by atoms with Gasteiger partial charge in [-0.3, -0.25) is 9.59 Å². The summed E-state index contributed by atoms with van der Waals surface area (Å²) in [7, 11) is 0. The first kappa shape index (κ1) is 22.1. The largest absolute Gasteiger partial charge is 0.454 e. The molecule has 1 aromatic heterocycles. The molecule has 0 unspecified atom stereocenters. The number of carbonyl (C=O) groups is 2. The highest BCUT2D eigenvalue weighted by atomic mass is 35.5. The molecule has 0 atom stereocenters. The number of rotatable bonds is 6. The van der Waals surface area contributed by atoms with Crippen molar-refractivity contribution in [3.63, 3.8) is 0 Å². The summed E-state index contributed by atoms with van der Waals surface area (Å²) in [4.78, 5) is 33.3. The summed E-state index contributed by atoms with van der Waals surface area (Å²) in [5.74, 6) is 0.417. The highest BCUT2D eigenvalue weighted by Gasteiger charge is 2.21. The van der Waals surface area contributed by atoms with Crippen molar-refractivity contribution in [3.05, 3.63) is 94.5 Å². The lowest BCUT2D eigenvalue weighted by Gasteiger charge is -2.10. The Morgan fingerprint density at radius 3 is 2.68 bits per heavy atom. The Kier molecular flexibility index (Phi) is 6.27. The van der Waals surface area contributed by atoms with Crippen LogP contribution in [0.3, 0.4) is 0 Å². The number of ether oxygens (including phenoxy) is 1. The summed E-state index contributed by atoms with van der Waals surface area (Å²) >= 11 is 7.07. The van der Waals surface area contributed by atoms with E-state index in [9.17, 15) is 9.59 Å². The second-order valence-corrected chi connectivity index (χ2v) is 8.97. The van der Waals surface area contributed by atoms with Crippen LogP contribution in [0.2, 0.25) is 0 Å². The fraction of sp³-hybridized carbons (Fsp3) is 0.0800. The van der Waals surface area contributed by atoms with Gasteiger partial charge in [-0.1, -0.05) is 36.4 Å². The Morgan fingerprint density at radius 1 is 1.03 bits per heavy atom. The molecule has 4 aromatic rings. The molecule has 7 nitrogen and oxygen atoms in total. The molecule has 1 aliphatic rings. The first-order chi connectivity index (χ1) is 16.6. The van der Waals surface area contributed by atoms with Crippen molar-refractivity contribution >= 4 is 40.6 Å². The van der Waals surface area contributed by atoms with Crippen molar-refractivity contribution in [1.82, 2.24) is 15.1 Å². The van der Waals surface area contributed by atoms with Gasteiger partial charge >= 0.3 is 0 Å². The standard InChI is InChI=1S/C25H19ClN4O3S/c26-29-12-15-5-7-16(8-6-15)25-28-14-18(34-25)13-27-23(31)17-9-10-22-20(11-17)30-24(32)19-3-1-2-4-21(19)33-22/h1-11,14,29H,12-13H2,(H,27,31)(H,30,32). The molecule has 0 bridgehead atoms. The molecule has 0 fully saturated rings. The zero-order chi connectivity index (χ0) is 23.5. The second-order valence-electron chi connectivity index (χ2n) is 7.59. The molecule has 0 saturated heterocycles. The minimum Gasteiger partial charge on any atom is -0.454 e. The average molecular weight is 491 g/mol. The Bertz CT molecular complexity index is 1370. The number of carbonyl (C=O) groups excluding carboxylic acids is 2. The number of nitrogens with zero attached hydrogens (tertiary/aromatic N) is 1. The van der Waals surface area contributed by atoms with Crippen LogP contribution < -0.4 is 20.2 Å². The van der Waals surface area contributed by atoms with E-state index in [1.54, 1.807) is 48.7 Å². The number of fused-ring (bicyclic) bond motifs is 2. The Labute approximate surface area is 204 Å². The molecule has 0 radical (unpaired) electrons. The Hall–Kier alpha value is -3.72. The molecule has 1 aliphatic heterocycles. The number of aromatic nitrogens is 1. The van der Waals surface area contributed by atoms with Gasteiger partial charge in [0, 0.05) is 28.7 Å². The van der Waals surface area contributed by atoms with Crippen molar-refractivity contribution in [1.29, 1.82) is 0 Å². The molecule has 3 N–H and O–H groups in total. The van der Waals surface area contributed by atoms with E-state index in [1.807, 2.05) is 24.3 Å². The van der Waals surface area contributed by atoms with E-state index in [4.69, 9.17) is 16.5 Å². The first-order valence-electron chi connectivity index (χ1n) is 10.5. The van der Waals surface area contributed by atoms with Crippen LogP contribution in [0, 0.1) is 0 Å². The number of para-hydroxylation sites is 1. The summed E-state index contributed by atoms with van der Waals surface area (Å²) in [6.45, 7) is 0.929. The fourth-order valence-corrected chi connectivity index (χ4v) is 4.56. The Balaban J connectivity index is 1.25. The average Bonchev–Trinajstić information content (AvgIpc) is 3.28. The van der Waals surface area contributed by atoms with Crippen molar-refractivity contribution in [2.45, 2.75) is 13.1 Å². The smallest absolute Gasteiger partial charge is 0.259 e. The van der Waals surface area contributed by atoms with Crippen LogP contribution in [0.4, 0.5) is 5.69 Å². The summed E-state index contributed by atoms with van der Waals surface area (Å²) in [6.07, 6.45) is 1.76. The molecule has 170 valence electrons. The predicted octanol–water partition coefficient (Wildman–Crippen LogP) is 5.34. The minimum atomic E-state index is -0.281. The molecule has 9 heteroatoms. The Morgan fingerprint density at radius 2 is 1.85 bits per heavy atom. The molecule has 0 spiro atoms. The van der Waals surface area contributed by atoms with Crippen LogP contribution >= 0.6 is 23.1 Å². The number of hydrogen-bond acceptors (Lipinski definition) is 6. The third-order valence-electron chi connectivity index (χ3n) is 5.29. The van der Waals surface area contributed by atoms with E-state index in [-0.39, 0.29) is 11.8 Å². The summed E-state index contributed by atoms with van der Waals surface area (Å²) < 4.78 is 5.87. The monoisotopic (exact) mass is 490 g/mol. The maximum absolute atomic E-state index is 12.8. The van der Waals surface area contributed by atoms with Crippen LogP contribution in [-0.4, -0.2) is 16.8 Å². The zero-order valence-corrected chi connectivity index (χ0v) is 19.4. The number of halogens is 1. The minimum absolute atomic E-state index is 0.258. The van der Waals surface area contributed by atoms with E-state index < -0.39 is 0 Å². The fourth-order valence-electron chi connectivity index (χ4n) is 3.54. The number of nitrogens with one attached hydrogen (secondary N) is 3. The van der Waals surface area contributed by atoms with Crippen LogP contribution in [0.25, 0.3) is 10.6 Å². The van der Waals surface area contributed by atoms with Gasteiger partial charge in [0.05, 0.1) is 17.8 Å². The number of hydrogen-bond donors (Lipinski definition) is 3. The summed E-state index contributed by atoms with van der Waals surface area (Å²) in [6, 6.07) is 19.9. The van der Waals surface area contributed by atoms with Crippen LogP contribution in [-0.2, 0) is 13.1 Å². The molecule has 0 aliphatic carbocycles. The zero-order valence-electron chi connectivity index (χ0n) is 17.8. The van der Waals surface area contributed by atoms with E-state index in [0.717, 1.165) is 21.0 Å². The lowest BCUT2D eigenvalue weighted by atomic mass is 10.1. The van der Waals surface area contributed by atoms with E-state index >= 15 is 0 Å². The molecule has 3 aromatic carbocycles. The number of anilines is 1. The van der Waals surface area contributed by atoms with Crippen molar-refractivity contribution in [3.8, 4) is 22.1 Å². The molecular formula is C25H19ClN4O3S. The van der Waals surface area contributed by atoms with E-state index in [1.165, 1.54) is 11.3 Å². The second kappa shape index (κ2) is 9.64. The highest BCUT2D eigenvalue weighted by molar-refractivity contribution is 7.15. The summed E-state index contributed by atoms with van der Waals surface area (Å²) in [5, 5.41) is 6.60. The van der Waals surface area contributed by atoms with Gasteiger partial charge in [-0.2, -0.15) is 0 Å². The highest BCUT2D eigenvalue weighted by Crippen LogP contribution is 2.36. The molecule has 2 amide bonds. The van der Waals surface area contributed by atoms with Gasteiger partial charge in [0.25, 0.3) is 11.8 Å². The van der Waals surface area contributed by atoms with Gasteiger partial charge in [0.2, 0.25) is 0 Å². The summed E-state index contributed by atoms with van der Waals surface area (Å²) in [5.41, 5.74) is 3.39. The number of amides is 2. The van der Waals surface area contributed by atoms with E-state index in [2.05, 4.69) is 20.5 Å². The van der Waals surface area contributed by atoms with Gasteiger partial charge in [-0.25, -0.2) is 9.82 Å². The van der Waals surface area contributed by atoms with Gasteiger partial charge in [0.15, 0.2) is 5.75 Å². The van der Waals surface area contributed by atoms with Crippen molar-refractivity contribution < 1.29 is 14.3 Å². The third-order valence-corrected chi connectivity index (χ3v) is 6.47. The molecule has 0 saturated carbocycles. The molecular weight excluding hydrogens is 472 g/mol. The molecule has 2 heterocycles. The lowest BCUT2D eigenvalue weighted by molar-refractivity contribution is 0.0950. The maximum atomic E-state index is 12.8. The normalized spacial score (nSPS) is 12.1. The van der Waals surface area contributed by atoms with Crippen LogP contribution in [0.15, 0.2) is 72.9 Å². The van der Waals surface area contributed by atoms with E-state index in [0.29, 0.717) is 41.4 Å². The first-order valence-corrected chi connectivity index (χ1v) is 11.7. The number of benzene rings is 3. The predicted molar refractivity (Wildman–Crippen MR) is 132 cm³/mol. The maximum Gasteiger partial charge on any atom is 0.259 e. The van der Waals surface area contributed by atoms with Crippen molar-refractivity contribution in [2.24, 2.45) is 0 Å². The van der Waals surface area contributed by atoms with Crippen LogP contribution in [0.1, 0.15) is 31.2 Å². The quantitative estimate of drug-likeness (QED) is 0.317. The SMILES string of the molecule is O=C(NCc1cnc(-c2ccc(CNCl)cc2)s1)c1ccc2c(c1)NC(=O)c1ccccc1O2.